The SMILES string of the molecule is CN(C)Cc1cccc([C@@H](O)C(F)(F)F)c1. The Labute approximate surface area is 92.3 Å². The summed E-state index contributed by atoms with van der Waals surface area (Å²) in [5.41, 5.74) is 0.623. The summed E-state index contributed by atoms with van der Waals surface area (Å²) in [6, 6.07) is 5.89. The van der Waals surface area contributed by atoms with Crippen molar-refractivity contribution < 1.29 is 18.3 Å². The average molecular weight is 233 g/mol. The molecule has 0 aliphatic carbocycles. The van der Waals surface area contributed by atoms with E-state index >= 15 is 0 Å². The van der Waals surface area contributed by atoms with Gasteiger partial charge in [-0.1, -0.05) is 24.3 Å². The minimum absolute atomic E-state index is 0.119. The van der Waals surface area contributed by atoms with Crippen LogP contribution in [0.5, 0.6) is 0 Å². The van der Waals surface area contributed by atoms with Crippen molar-refractivity contribution in [3.05, 3.63) is 35.4 Å². The van der Waals surface area contributed by atoms with Crippen LogP contribution < -0.4 is 0 Å². The molecule has 0 aliphatic heterocycles. The number of hydrogen-bond acceptors (Lipinski definition) is 2. The number of hydrogen-bond donors (Lipinski definition) is 1. The summed E-state index contributed by atoms with van der Waals surface area (Å²) in [7, 11) is 3.65. The zero-order chi connectivity index (χ0) is 12.3. The Morgan fingerprint density at radius 1 is 1.31 bits per heavy atom. The van der Waals surface area contributed by atoms with Gasteiger partial charge in [-0.05, 0) is 25.2 Å². The predicted octanol–water partition coefficient (Wildman–Crippen LogP) is 2.34. The second-order valence-electron chi connectivity index (χ2n) is 3.93. The molecule has 0 aliphatic rings. The zero-order valence-corrected chi connectivity index (χ0v) is 9.12. The smallest absolute Gasteiger partial charge is 0.379 e. The van der Waals surface area contributed by atoms with Crippen molar-refractivity contribution in [3.63, 3.8) is 0 Å². The third-order valence-electron chi connectivity index (χ3n) is 2.08. The zero-order valence-electron chi connectivity index (χ0n) is 9.12. The number of alkyl halides is 3. The van der Waals surface area contributed by atoms with Crippen molar-refractivity contribution in [3.8, 4) is 0 Å². The van der Waals surface area contributed by atoms with E-state index in [4.69, 9.17) is 5.11 Å². The highest BCUT2D eigenvalue weighted by Gasteiger charge is 2.39. The lowest BCUT2D eigenvalue weighted by molar-refractivity contribution is -0.206. The molecule has 0 radical (unpaired) electrons. The molecule has 0 fully saturated rings. The van der Waals surface area contributed by atoms with Gasteiger partial charge in [-0.15, -0.1) is 0 Å². The van der Waals surface area contributed by atoms with Gasteiger partial charge in [0.25, 0.3) is 0 Å². The van der Waals surface area contributed by atoms with Crippen LogP contribution in [0.15, 0.2) is 24.3 Å². The minimum Gasteiger partial charge on any atom is -0.379 e. The first-order chi connectivity index (χ1) is 7.30. The molecule has 0 aromatic heterocycles. The highest BCUT2D eigenvalue weighted by molar-refractivity contribution is 5.25. The monoisotopic (exact) mass is 233 g/mol. The molecule has 16 heavy (non-hydrogen) atoms. The van der Waals surface area contributed by atoms with Crippen LogP contribution in [-0.2, 0) is 6.54 Å². The van der Waals surface area contributed by atoms with Gasteiger partial charge < -0.3 is 10.0 Å². The van der Waals surface area contributed by atoms with Crippen molar-refractivity contribution in [1.82, 2.24) is 4.90 Å². The van der Waals surface area contributed by atoms with E-state index in [1.54, 1.807) is 6.07 Å². The molecule has 90 valence electrons. The van der Waals surface area contributed by atoms with Crippen LogP contribution in [0.3, 0.4) is 0 Å². The summed E-state index contributed by atoms with van der Waals surface area (Å²) in [6.45, 7) is 0.540. The second-order valence-corrected chi connectivity index (χ2v) is 3.93. The molecular formula is C11H14F3NO. The maximum atomic E-state index is 12.3. The topological polar surface area (TPSA) is 23.5 Å². The van der Waals surface area contributed by atoms with Gasteiger partial charge in [-0.3, -0.25) is 0 Å². The van der Waals surface area contributed by atoms with Gasteiger partial charge in [0.1, 0.15) is 0 Å². The molecule has 2 nitrogen and oxygen atoms in total. The largest absolute Gasteiger partial charge is 0.418 e. The first-order valence-electron chi connectivity index (χ1n) is 4.79. The fourth-order valence-corrected chi connectivity index (χ4v) is 1.42. The average Bonchev–Trinajstić information content (AvgIpc) is 2.14. The Kier molecular flexibility index (Phi) is 3.93. The van der Waals surface area contributed by atoms with Crippen LogP contribution in [0.1, 0.15) is 17.2 Å². The summed E-state index contributed by atoms with van der Waals surface area (Å²) in [4.78, 5) is 1.85. The van der Waals surface area contributed by atoms with Crippen molar-refractivity contribution >= 4 is 0 Å². The molecule has 1 aromatic carbocycles. The number of aliphatic hydroxyl groups is 1. The number of aliphatic hydroxyl groups excluding tert-OH is 1. The first-order valence-corrected chi connectivity index (χ1v) is 4.79. The highest BCUT2D eigenvalue weighted by Crippen LogP contribution is 2.32. The Bertz CT molecular complexity index is 349. The second kappa shape index (κ2) is 4.84. The molecule has 0 bridgehead atoms. The summed E-state index contributed by atoms with van der Waals surface area (Å²) in [5, 5.41) is 9.08. The first kappa shape index (κ1) is 13.0. The Morgan fingerprint density at radius 3 is 2.44 bits per heavy atom. The molecular weight excluding hydrogens is 219 g/mol. The quantitative estimate of drug-likeness (QED) is 0.866. The molecule has 0 amide bonds. The lowest BCUT2D eigenvalue weighted by Crippen LogP contribution is -2.20. The van der Waals surface area contributed by atoms with Crippen LogP contribution in [0.4, 0.5) is 13.2 Å². The summed E-state index contributed by atoms with van der Waals surface area (Å²) < 4.78 is 36.8. The molecule has 5 heteroatoms. The molecule has 1 N–H and O–H groups in total. The van der Waals surface area contributed by atoms with E-state index in [0.29, 0.717) is 6.54 Å². The Morgan fingerprint density at radius 2 is 1.94 bits per heavy atom. The fourth-order valence-electron chi connectivity index (χ4n) is 1.42. The molecule has 0 spiro atoms. The molecule has 0 unspecified atom stereocenters. The van der Waals surface area contributed by atoms with E-state index in [9.17, 15) is 13.2 Å². The molecule has 1 aromatic rings. The fraction of sp³-hybridized carbons (Fsp3) is 0.455. The van der Waals surface area contributed by atoms with Crippen LogP contribution in [0.25, 0.3) is 0 Å². The van der Waals surface area contributed by atoms with E-state index in [1.807, 2.05) is 19.0 Å². The summed E-state index contributed by atoms with van der Waals surface area (Å²) in [6.07, 6.45) is -7.02. The maximum absolute atomic E-state index is 12.3. The standard InChI is InChI=1S/C11H14F3NO/c1-15(2)7-8-4-3-5-9(6-8)10(16)11(12,13)14/h3-6,10,16H,7H2,1-2H3/t10-/m1/s1. The predicted molar refractivity (Wildman–Crippen MR) is 54.8 cm³/mol. The highest BCUT2D eigenvalue weighted by atomic mass is 19.4. The van der Waals surface area contributed by atoms with Gasteiger partial charge in [0.2, 0.25) is 0 Å². The van der Waals surface area contributed by atoms with Crippen LogP contribution in [0.2, 0.25) is 0 Å². The van der Waals surface area contributed by atoms with Crippen LogP contribution in [-0.4, -0.2) is 30.3 Å². The third kappa shape index (κ3) is 3.50. The molecule has 0 saturated carbocycles. The van der Waals surface area contributed by atoms with E-state index in [-0.39, 0.29) is 5.56 Å². The number of nitrogens with zero attached hydrogens (tertiary/aromatic N) is 1. The molecule has 0 saturated heterocycles. The third-order valence-corrected chi connectivity index (χ3v) is 2.08. The maximum Gasteiger partial charge on any atom is 0.418 e. The molecule has 1 atom stereocenters. The molecule has 0 heterocycles. The number of rotatable bonds is 3. The number of halogens is 3. The van der Waals surface area contributed by atoms with Gasteiger partial charge >= 0.3 is 6.18 Å². The van der Waals surface area contributed by atoms with E-state index < -0.39 is 12.3 Å². The van der Waals surface area contributed by atoms with Gasteiger partial charge in [0.15, 0.2) is 6.10 Å². The lowest BCUT2D eigenvalue weighted by Gasteiger charge is -2.16. The van der Waals surface area contributed by atoms with Crippen molar-refractivity contribution in [2.45, 2.75) is 18.8 Å². The van der Waals surface area contributed by atoms with Gasteiger partial charge in [0.05, 0.1) is 0 Å². The normalized spacial score (nSPS) is 14.2. The van der Waals surface area contributed by atoms with Crippen LogP contribution >= 0.6 is 0 Å². The molecule has 1 rings (SSSR count). The van der Waals surface area contributed by atoms with Gasteiger partial charge in [-0.2, -0.15) is 13.2 Å². The summed E-state index contributed by atoms with van der Waals surface area (Å²) >= 11 is 0. The Hall–Kier alpha value is -1.07. The van der Waals surface area contributed by atoms with Crippen molar-refractivity contribution in [2.24, 2.45) is 0 Å². The van der Waals surface area contributed by atoms with Crippen molar-refractivity contribution in [1.29, 1.82) is 0 Å². The minimum atomic E-state index is -4.61. The summed E-state index contributed by atoms with van der Waals surface area (Å²) in [5.74, 6) is 0. The Balaban J connectivity index is 2.90. The van der Waals surface area contributed by atoms with E-state index in [0.717, 1.165) is 5.56 Å². The van der Waals surface area contributed by atoms with Crippen LogP contribution in [0, 0.1) is 0 Å². The number of benzene rings is 1. The van der Waals surface area contributed by atoms with Gasteiger partial charge in [-0.25, -0.2) is 0 Å². The van der Waals surface area contributed by atoms with E-state index in [2.05, 4.69) is 0 Å². The van der Waals surface area contributed by atoms with Crippen molar-refractivity contribution in [2.75, 3.05) is 14.1 Å². The van der Waals surface area contributed by atoms with E-state index in [1.165, 1.54) is 18.2 Å². The van der Waals surface area contributed by atoms with Gasteiger partial charge in [0, 0.05) is 6.54 Å². The lowest BCUT2D eigenvalue weighted by atomic mass is 10.1.